The summed E-state index contributed by atoms with van der Waals surface area (Å²) in [6.45, 7) is 5.40. The van der Waals surface area contributed by atoms with Gasteiger partial charge in [-0.1, -0.05) is 13.8 Å². The lowest BCUT2D eigenvalue weighted by atomic mass is 10.1. The van der Waals surface area contributed by atoms with Gasteiger partial charge in [0.15, 0.2) is 0 Å². The number of carbonyl (C=O) groups excluding carboxylic acids is 1. The van der Waals surface area contributed by atoms with Crippen molar-refractivity contribution in [2.45, 2.75) is 33.2 Å². The highest BCUT2D eigenvalue weighted by Crippen LogP contribution is 2.58. The number of hydrogen-bond acceptors (Lipinski definition) is 2. The smallest absolute Gasteiger partial charge is 0.307 e. The van der Waals surface area contributed by atoms with Crippen LogP contribution in [0.3, 0.4) is 0 Å². The second-order valence-electron chi connectivity index (χ2n) is 4.93. The molecule has 0 aromatic rings. The molecule has 0 aliphatic heterocycles. The second kappa shape index (κ2) is 4.17. The van der Waals surface area contributed by atoms with Crippen LogP contribution in [0.15, 0.2) is 0 Å². The van der Waals surface area contributed by atoms with Crippen LogP contribution in [0, 0.1) is 29.6 Å². The number of nitrogens with one attached hydrogen (secondary N) is 1. The van der Waals surface area contributed by atoms with Crippen LogP contribution < -0.4 is 5.32 Å². The normalized spacial score (nSPS) is 27.6. The fourth-order valence-corrected chi connectivity index (χ4v) is 2.15. The fourth-order valence-electron chi connectivity index (χ4n) is 2.15. The molecule has 4 heteroatoms. The zero-order chi connectivity index (χ0) is 12.5. The summed E-state index contributed by atoms with van der Waals surface area (Å²) in [4.78, 5) is 22.7. The highest BCUT2D eigenvalue weighted by Gasteiger charge is 2.65. The molecule has 0 aromatic heterocycles. The van der Waals surface area contributed by atoms with Crippen molar-refractivity contribution in [3.05, 3.63) is 0 Å². The van der Waals surface area contributed by atoms with Crippen LogP contribution in [0.25, 0.3) is 0 Å². The fraction of sp³-hybridized carbons (Fsp3) is 0.667. The van der Waals surface area contributed by atoms with E-state index < -0.39 is 23.2 Å². The first-order valence-electron chi connectivity index (χ1n) is 5.29. The van der Waals surface area contributed by atoms with Gasteiger partial charge in [-0.3, -0.25) is 9.59 Å². The number of aliphatic carboxylic acids is 1. The van der Waals surface area contributed by atoms with Crippen LogP contribution in [0.4, 0.5) is 0 Å². The molecule has 1 rings (SSSR count). The molecule has 0 heterocycles. The summed E-state index contributed by atoms with van der Waals surface area (Å²) in [5.41, 5.74) is -0.453. The lowest BCUT2D eigenvalue weighted by Crippen LogP contribution is -2.34. The molecule has 0 saturated heterocycles. The van der Waals surface area contributed by atoms with E-state index >= 15 is 0 Å². The van der Waals surface area contributed by atoms with Crippen LogP contribution in [0.1, 0.15) is 27.2 Å². The van der Waals surface area contributed by atoms with Crippen molar-refractivity contribution in [2.75, 3.05) is 0 Å². The van der Waals surface area contributed by atoms with Crippen LogP contribution in [-0.2, 0) is 9.59 Å². The summed E-state index contributed by atoms with van der Waals surface area (Å²) in [5, 5.41) is 11.7. The van der Waals surface area contributed by atoms with E-state index in [1.807, 2.05) is 6.92 Å². The molecule has 3 atom stereocenters. The van der Waals surface area contributed by atoms with Gasteiger partial charge in [0, 0.05) is 12.5 Å². The molecule has 0 bridgehead atoms. The molecule has 2 N–H and O–H groups in total. The molecule has 0 spiro atoms. The van der Waals surface area contributed by atoms with Gasteiger partial charge < -0.3 is 10.4 Å². The standard InChI is InChI=1S/C12H17NO3/c1-5-6-7(2)13-10(14)8-9(11(15)16)12(8,3)4/h1,7-9H,6H2,2-4H3,(H,13,14)(H,15,16)/t7?,8-,9+/m1/s1. The summed E-state index contributed by atoms with van der Waals surface area (Å²) in [6, 6.07) is -0.108. The summed E-state index contributed by atoms with van der Waals surface area (Å²) < 4.78 is 0. The molecular weight excluding hydrogens is 206 g/mol. The van der Waals surface area contributed by atoms with Gasteiger partial charge in [0.1, 0.15) is 0 Å². The number of carboxylic acids is 1. The van der Waals surface area contributed by atoms with Crippen LogP contribution in [0.2, 0.25) is 0 Å². The lowest BCUT2D eigenvalue weighted by Gasteiger charge is -2.11. The number of amides is 1. The number of carbonyl (C=O) groups is 2. The molecule has 88 valence electrons. The van der Waals surface area contributed by atoms with E-state index in [1.54, 1.807) is 13.8 Å². The summed E-state index contributed by atoms with van der Waals surface area (Å²) in [6.07, 6.45) is 5.59. The van der Waals surface area contributed by atoms with E-state index in [0.29, 0.717) is 6.42 Å². The third kappa shape index (κ3) is 2.19. The van der Waals surface area contributed by atoms with E-state index in [2.05, 4.69) is 11.2 Å². The maximum atomic E-state index is 11.8. The Morgan fingerprint density at radius 1 is 1.50 bits per heavy atom. The minimum Gasteiger partial charge on any atom is -0.481 e. The van der Waals surface area contributed by atoms with Crippen molar-refractivity contribution < 1.29 is 14.7 Å². The highest BCUT2D eigenvalue weighted by molar-refractivity contribution is 5.91. The Morgan fingerprint density at radius 2 is 2.06 bits per heavy atom. The van der Waals surface area contributed by atoms with E-state index in [9.17, 15) is 9.59 Å². The Bertz CT molecular complexity index is 354. The van der Waals surface area contributed by atoms with E-state index in [0.717, 1.165) is 0 Å². The van der Waals surface area contributed by atoms with E-state index in [4.69, 9.17) is 11.5 Å². The van der Waals surface area contributed by atoms with Gasteiger partial charge in [-0.15, -0.1) is 12.3 Å². The SMILES string of the molecule is C#CCC(C)NC(=O)[C@H]1[C@@H](C(=O)O)C1(C)C. The van der Waals surface area contributed by atoms with Crippen molar-refractivity contribution in [3.63, 3.8) is 0 Å². The largest absolute Gasteiger partial charge is 0.481 e. The van der Waals surface area contributed by atoms with Gasteiger partial charge in [0.05, 0.1) is 11.8 Å². The molecule has 4 nitrogen and oxygen atoms in total. The van der Waals surface area contributed by atoms with Crippen molar-refractivity contribution in [1.82, 2.24) is 5.32 Å². The zero-order valence-electron chi connectivity index (χ0n) is 9.78. The van der Waals surface area contributed by atoms with Gasteiger partial charge in [0.2, 0.25) is 5.91 Å². The third-order valence-corrected chi connectivity index (χ3v) is 3.19. The Kier molecular flexibility index (Phi) is 3.27. The minimum absolute atomic E-state index is 0.108. The van der Waals surface area contributed by atoms with Crippen LogP contribution in [0.5, 0.6) is 0 Å². The minimum atomic E-state index is -0.908. The molecule has 0 radical (unpaired) electrons. The quantitative estimate of drug-likeness (QED) is 0.695. The third-order valence-electron chi connectivity index (χ3n) is 3.19. The topological polar surface area (TPSA) is 66.4 Å². The van der Waals surface area contributed by atoms with Gasteiger partial charge in [-0.05, 0) is 12.3 Å². The first-order valence-corrected chi connectivity index (χ1v) is 5.29. The molecular formula is C12H17NO3. The number of rotatable bonds is 4. The molecule has 16 heavy (non-hydrogen) atoms. The van der Waals surface area contributed by atoms with Gasteiger partial charge >= 0.3 is 5.97 Å². The molecule has 1 aliphatic carbocycles. The van der Waals surface area contributed by atoms with Gasteiger partial charge in [0.25, 0.3) is 0 Å². The molecule has 1 fully saturated rings. The van der Waals surface area contributed by atoms with Crippen molar-refractivity contribution >= 4 is 11.9 Å². The Morgan fingerprint density at radius 3 is 2.44 bits per heavy atom. The highest BCUT2D eigenvalue weighted by atomic mass is 16.4. The second-order valence-corrected chi connectivity index (χ2v) is 4.93. The summed E-state index contributed by atoms with van der Waals surface area (Å²) in [5.74, 6) is 0.322. The first kappa shape index (κ1) is 12.6. The molecule has 0 aromatic carbocycles. The van der Waals surface area contributed by atoms with E-state index in [-0.39, 0.29) is 11.9 Å². The molecule has 1 amide bonds. The average molecular weight is 223 g/mol. The average Bonchev–Trinajstić information content (AvgIpc) is 2.69. The Labute approximate surface area is 95.4 Å². The number of terminal acetylenes is 1. The van der Waals surface area contributed by atoms with Gasteiger partial charge in [-0.25, -0.2) is 0 Å². The Hall–Kier alpha value is -1.50. The molecule has 1 saturated carbocycles. The lowest BCUT2D eigenvalue weighted by molar-refractivity contribution is -0.140. The predicted molar refractivity (Wildman–Crippen MR) is 59.5 cm³/mol. The maximum Gasteiger partial charge on any atom is 0.307 e. The first-order chi connectivity index (χ1) is 7.32. The molecule has 1 aliphatic rings. The Balaban J connectivity index is 2.58. The van der Waals surface area contributed by atoms with Crippen molar-refractivity contribution in [2.24, 2.45) is 17.3 Å². The molecule has 1 unspecified atom stereocenters. The maximum absolute atomic E-state index is 11.8. The predicted octanol–water partition coefficient (Wildman–Crippen LogP) is 0.871. The summed E-state index contributed by atoms with van der Waals surface area (Å²) in [7, 11) is 0. The number of hydrogen-bond donors (Lipinski definition) is 2. The van der Waals surface area contributed by atoms with Crippen molar-refractivity contribution in [3.8, 4) is 12.3 Å². The van der Waals surface area contributed by atoms with Gasteiger partial charge in [-0.2, -0.15) is 0 Å². The zero-order valence-corrected chi connectivity index (χ0v) is 9.78. The summed E-state index contributed by atoms with van der Waals surface area (Å²) >= 11 is 0. The van der Waals surface area contributed by atoms with E-state index in [1.165, 1.54) is 0 Å². The number of carboxylic acid groups (broad SMARTS) is 1. The van der Waals surface area contributed by atoms with Crippen molar-refractivity contribution in [1.29, 1.82) is 0 Å². The van der Waals surface area contributed by atoms with Crippen LogP contribution in [-0.4, -0.2) is 23.0 Å². The van der Waals surface area contributed by atoms with Crippen LogP contribution >= 0.6 is 0 Å². The monoisotopic (exact) mass is 223 g/mol.